The first-order valence-electron chi connectivity index (χ1n) is 10.6. The molecule has 7 heteroatoms. The van der Waals surface area contributed by atoms with Gasteiger partial charge in [0.25, 0.3) is 5.91 Å². The molecule has 31 heavy (non-hydrogen) atoms. The molecule has 1 atom stereocenters. The Hall–Kier alpha value is -3.32. The van der Waals surface area contributed by atoms with Gasteiger partial charge in [-0.1, -0.05) is 12.1 Å². The largest absolute Gasteiger partial charge is 0.465 e. The predicted molar refractivity (Wildman–Crippen MR) is 122 cm³/mol. The maximum Gasteiger partial charge on any atom is 0.323 e. The van der Waals surface area contributed by atoms with Crippen LogP contribution in [0.5, 0.6) is 0 Å². The number of nitrogens with one attached hydrogen (secondary N) is 2. The highest BCUT2D eigenvalue weighted by atomic mass is 16.5. The molecular weight excluding hydrogens is 392 g/mol. The first-order valence-corrected chi connectivity index (χ1v) is 10.6. The lowest BCUT2D eigenvalue weighted by Gasteiger charge is -2.23. The smallest absolute Gasteiger partial charge is 0.323 e. The van der Waals surface area contributed by atoms with E-state index in [1.165, 1.54) is 0 Å². The number of benzene rings is 2. The molecule has 0 aromatic heterocycles. The Labute approximate surface area is 182 Å². The summed E-state index contributed by atoms with van der Waals surface area (Å²) in [5, 5.41) is 6.21. The standard InChI is InChI=1S/C24H28N4O3/c1-3-31-24(30)21-5-4-12-28(21)14-16-6-9-18(10-7-16)26-15(2)22-19-13-17(25)8-11-20(19)27-23(22)29/h6-11,13,21,26H,3-5,12,14,25H2,1-2H3,(H,27,29)/b22-15-. The van der Waals surface area contributed by atoms with Gasteiger partial charge in [-0.05, 0) is 69.1 Å². The van der Waals surface area contributed by atoms with Crippen LogP contribution in [0.1, 0.15) is 37.8 Å². The van der Waals surface area contributed by atoms with E-state index in [9.17, 15) is 9.59 Å². The number of likely N-dealkylation sites (tertiary alicyclic amines) is 1. The monoisotopic (exact) mass is 420 g/mol. The molecule has 2 heterocycles. The zero-order valence-electron chi connectivity index (χ0n) is 17.9. The van der Waals surface area contributed by atoms with Crippen LogP contribution in [0.3, 0.4) is 0 Å². The number of carbonyl (C=O) groups excluding carboxylic acids is 2. The lowest BCUT2D eigenvalue weighted by Crippen LogP contribution is -2.36. The first kappa shape index (κ1) is 20.9. The minimum absolute atomic E-state index is 0.128. The van der Waals surface area contributed by atoms with Crippen molar-refractivity contribution in [3.8, 4) is 0 Å². The summed E-state index contributed by atoms with van der Waals surface area (Å²) in [5.41, 5.74) is 11.5. The molecule has 2 aliphatic heterocycles. The number of anilines is 3. The number of amides is 1. The van der Waals surface area contributed by atoms with E-state index in [1.807, 2.05) is 50.2 Å². The summed E-state index contributed by atoms with van der Waals surface area (Å²) in [5.74, 6) is -0.266. The van der Waals surface area contributed by atoms with E-state index < -0.39 is 0 Å². The number of carbonyl (C=O) groups is 2. The van der Waals surface area contributed by atoms with Gasteiger partial charge in [-0.25, -0.2) is 0 Å². The van der Waals surface area contributed by atoms with E-state index >= 15 is 0 Å². The number of allylic oxidation sites excluding steroid dienone is 1. The average molecular weight is 421 g/mol. The fraction of sp³-hybridized carbons (Fsp3) is 0.333. The third kappa shape index (κ3) is 4.41. The second kappa shape index (κ2) is 8.81. The number of nitrogens with two attached hydrogens (primary N) is 1. The minimum Gasteiger partial charge on any atom is -0.465 e. The maximum atomic E-state index is 12.5. The molecule has 2 aliphatic rings. The van der Waals surface area contributed by atoms with Gasteiger partial charge < -0.3 is 21.1 Å². The zero-order valence-corrected chi connectivity index (χ0v) is 17.9. The number of hydrogen-bond acceptors (Lipinski definition) is 6. The first-order chi connectivity index (χ1) is 15.0. The molecule has 1 saturated heterocycles. The number of fused-ring (bicyclic) bond motifs is 1. The lowest BCUT2D eigenvalue weighted by molar-refractivity contribution is -0.148. The molecule has 4 rings (SSSR count). The van der Waals surface area contributed by atoms with Crippen LogP contribution in [0.2, 0.25) is 0 Å². The Bertz CT molecular complexity index is 1030. The highest BCUT2D eigenvalue weighted by molar-refractivity contribution is 6.32. The number of esters is 1. The second-order valence-corrected chi connectivity index (χ2v) is 7.96. The van der Waals surface area contributed by atoms with Crippen molar-refractivity contribution in [2.75, 3.05) is 29.5 Å². The van der Waals surface area contributed by atoms with E-state index in [4.69, 9.17) is 10.5 Å². The minimum atomic E-state index is -0.155. The van der Waals surface area contributed by atoms with E-state index in [1.54, 1.807) is 6.07 Å². The normalized spacial score (nSPS) is 19.7. The zero-order chi connectivity index (χ0) is 22.0. The van der Waals surface area contributed by atoms with Crippen LogP contribution >= 0.6 is 0 Å². The van der Waals surface area contributed by atoms with Gasteiger partial charge in [-0.2, -0.15) is 0 Å². The van der Waals surface area contributed by atoms with Crippen molar-refractivity contribution in [3.05, 3.63) is 59.3 Å². The van der Waals surface area contributed by atoms with Crippen molar-refractivity contribution in [1.29, 1.82) is 0 Å². The lowest BCUT2D eigenvalue weighted by atomic mass is 10.0. The third-order valence-electron chi connectivity index (χ3n) is 5.76. The van der Waals surface area contributed by atoms with E-state index in [2.05, 4.69) is 15.5 Å². The van der Waals surface area contributed by atoms with Crippen molar-refractivity contribution in [1.82, 2.24) is 4.90 Å². The highest BCUT2D eigenvalue weighted by Gasteiger charge is 2.31. The van der Waals surface area contributed by atoms with Gasteiger partial charge in [0.05, 0.1) is 12.2 Å². The number of nitrogens with zero attached hydrogens (tertiary/aromatic N) is 1. The van der Waals surface area contributed by atoms with Crippen molar-refractivity contribution in [2.45, 2.75) is 39.3 Å². The summed E-state index contributed by atoms with van der Waals surface area (Å²) in [6.07, 6.45) is 1.85. The Kier molecular flexibility index (Phi) is 5.95. The van der Waals surface area contributed by atoms with Crippen LogP contribution in [-0.2, 0) is 20.9 Å². The Morgan fingerprint density at radius 3 is 2.77 bits per heavy atom. The second-order valence-electron chi connectivity index (χ2n) is 7.96. The van der Waals surface area contributed by atoms with E-state index in [0.29, 0.717) is 24.4 Å². The molecule has 0 saturated carbocycles. The number of nitrogen functional groups attached to an aromatic ring is 1. The van der Waals surface area contributed by atoms with Crippen LogP contribution in [0.15, 0.2) is 48.2 Å². The predicted octanol–water partition coefficient (Wildman–Crippen LogP) is 3.59. The van der Waals surface area contributed by atoms with Gasteiger partial charge in [-0.15, -0.1) is 0 Å². The molecular formula is C24H28N4O3. The van der Waals surface area contributed by atoms with Crippen molar-refractivity contribution >= 4 is 34.5 Å². The summed E-state index contributed by atoms with van der Waals surface area (Å²) in [7, 11) is 0. The van der Waals surface area contributed by atoms with Crippen LogP contribution in [0.25, 0.3) is 5.57 Å². The summed E-state index contributed by atoms with van der Waals surface area (Å²) >= 11 is 0. The summed E-state index contributed by atoms with van der Waals surface area (Å²) in [4.78, 5) is 26.8. The SMILES string of the molecule is CCOC(=O)C1CCCN1Cc1ccc(N/C(C)=C2\C(=O)Nc3ccc(N)cc32)cc1. The Morgan fingerprint density at radius 2 is 2.03 bits per heavy atom. The van der Waals surface area contributed by atoms with Crippen LogP contribution < -0.4 is 16.4 Å². The summed E-state index contributed by atoms with van der Waals surface area (Å²) < 4.78 is 5.21. The molecule has 1 amide bonds. The van der Waals surface area contributed by atoms with Crippen molar-refractivity contribution < 1.29 is 14.3 Å². The molecule has 0 radical (unpaired) electrons. The molecule has 7 nitrogen and oxygen atoms in total. The Balaban J connectivity index is 1.46. The summed E-state index contributed by atoms with van der Waals surface area (Å²) in [6, 6.07) is 13.3. The molecule has 2 aromatic carbocycles. The molecule has 4 N–H and O–H groups in total. The van der Waals surface area contributed by atoms with Gasteiger partial charge >= 0.3 is 5.97 Å². The molecule has 1 fully saturated rings. The Morgan fingerprint density at radius 1 is 1.26 bits per heavy atom. The van der Waals surface area contributed by atoms with Gasteiger partial charge in [0.1, 0.15) is 6.04 Å². The number of rotatable bonds is 6. The number of hydrogen-bond donors (Lipinski definition) is 3. The highest BCUT2D eigenvalue weighted by Crippen LogP contribution is 2.35. The summed E-state index contributed by atoms with van der Waals surface area (Å²) in [6.45, 7) is 5.73. The molecule has 0 spiro atoms. The topological polar surface area (TPSA) is 96.7 Å². The molecule has 0 aliphatic carbocycles. The van der Waals surface area contributed by atoms with Crippen molar-refractivity contribution in [3.63, 3.8) is 0 Å². The fourth-order valence-corrected chi connectivity index (χ4v) is 4.28. The molecule has 162 valence electrons. The fourth-order valence-electron chi connectivity index (χ4n) is 4.28. The van der Waals surface area contributed by atoms with E-state index in [0.717, 1.165) is 47.6 Å². The van der Waals surface area contributed by atoms with Gasteiger partial charge in [0.15, 0.2) is 0 Å². The number of ether oxygens (including phenoxy) is 1. The third-order valence-corrected chi connectivity index (χ3v) is 5.76. The maximum absolute atomic E-state index is 12.5. The molecule has 0 bridgehead atoms. The van der Waals surface area contributed by atoms with Crippen LogP contribution in [-0.4, -0.2) is 36.0 Å². The van der Waals surface area contributed by atoms with Gasteiger partial charge in [-0.3, -0.25) is 14.5 Å². The van der Waals surface area contributed by atoms with Gasteiger partial charge in [0.2, 0.25) is 0 Å². The van der Waals surface area contributed by atoms with Crippen LogP contribution in [0.4, 0.5) is 17.1 Å². The van der Waals surface area contributed by atoms with Crippen LogP contribution in [0, 0.1) is 0 Å². The van der Waals surface area contributed by atoms with Crippen molar-refractivity contribution in [2.24, 2.45) is 0 Å². The molecule has 2 aromatic rings. The van der Waals surface area contributed by atoms with E-state index in [-0.39, 0.29) is 17.9 Å². The van der Waals surface area contributed by atoms with Gasteiger partial charge in [0, 0.05) is 34.9 Å². The quantitative estimate of drug-likeness (QED) is 0.375. The molecule has 1 unspecified atom stereocenters. The average Bonchev–Trinajstić information content (AvgIpc) is 3.32.